The van der Waals surface area contributed by atoms with E-state index in [4.69, 9.17) is 0 Å². The third-order valence-corrected chi connectivity index (χ3v) is 0.600. The van der Waals surface area contributed by atoms with Gasteiger partial charge in [-0.15, -0.1) is 0 Å². The number of nitrogens with zero attached hydrogens (tertiary/aromatic N) is 1. The quantitative estimate of drug-likeness (QED) is 0.521. The molecule has 0 unspecified atom stereocenters. The maximum Gasteiger partial charge on any atom is 0.0264 e. The molecule has 0 saturated heterocycles. The van der Waals surface area contributed by atoms with Crippen LogP contribution < -0.4 is 0 Å². The lowest BCUT2D eigenvalue weighted by Gasteiger charge is -1.69. The summed E-state index contributed by atoms with van der Waals surface area (Å²) >= 11 is 0. The van der Waals surface area contributed by atoms with Gasteiger partial charge in [-0.2, -0.15) is 0 Å². The molecule has 0 aromatic carbocycles. The summed E-state index contributed by atoms with van der Waals surface area (Å²) in [5.41, 5.74) is 0. The van der Waals surface area contributed by atoms with Crippen LogP contribution in [0, 0.1) is 0 Å². The van der Waals surface area contributed by atoms with E-state index in [0.717, 1.165) is 0 Å². The molecule has 0 spiro atoms. The molecule has 0 aliphatic rings. The van der Waals surface area contributed by atoms with Crippen molar-refractivity contribution in [2.24, 2.45) is 4.99 Å². The summed E-state index contributed by atoms with van der Waals surface area (Å²) < 4.78 is 0. The van der Waals surface area contributed by atoms with Crippen LogP contribution in [0.4, 0.5) is 0 Å². The zero-order valence-corrected chi connectivity index (χ0v) is 7.33. The van der Waals surface area contributed by atoms with Crippen molar-refractivity contribution in [3.8, 4) is 0 Å². The molecule has 58 valence electrons. The van der Waals surface area contributed by atoms with E-state index in [9.17, 15) is 0 Å². The highest BCUT2D eigenvalue weighted by Gasteiger charge is 1.55. The van der Waals surface area contributed by atoms with Crippen LogP contribution in [0.15, 0.2) is 29.4 Å². The van der Waals surface area contributed by atoms with Gasteiger partial charge in [-0.05, 0) is 19.9 Å². The first-order valence-corrected chi connectivity index (χ1v) is 3.67. The molecule has 0 N–H and O–H groups in total. The van der Waals surface area contributed by atoms with Crippen LogP contribution >= 0.6 is 0 Å². The normalized spacial score (nSPS) is 10.8. The largest absolute Gasteiger partial charge is 0.265 e. The molecule has 0 aliphatic heterocycles. The zero-order chi connectivity index (χ0) is 8.24. The van der Waals surface area contributed by atoms with Crippen LogP contribution in [0.2, 0.25) is 0 Å². The Hall–Kier alpha value is -0.850. The van der Waals surface area contributed by atoms with Gasteiger partial charge >= 0.3 is 0 Å². The van der Waals surface area contributed by atoms with Gasteiger partial charge in [0.05, 0.1) is 0 Å². The number of rotatable bonds is 2. The molecule has 0 saturated carbocycles. The predicted molar refractivity (Wildman–Crippen MR) is 49.5 cm³/mol. The van der Waals surface area contributed by atoms with E-state index >= 15 is 0 Å². The lowest BCUT2D eigenvalue weighted by Crippen LogP contribution is -1.57. The van der Waals surface area contributed by atoms with Crippen molar-refractivity contribution in [2.45, 2.75) is 27.7 Å². The van der Waals surface area contributed by atoms with Gasteiger partial charge in [0.15, 0.2) is 0 Å². The Bertz CT molecular complexity index is 95.9. The molecule has 0 heterocycles. The van der Waals surface area contributed by atoms with Crippen LogP contribution in [-0.2, 0) is 0 Å². The third kappa shape index (κ3) is 15.7. The van der Waals surface area contributed by atoms with Crippen LogP contribution in [0.1, 0.15) is 27.7 Å². The fourth-order valence-corrected chi connectivity index (χ4v) is 0.272. The Balaban J connectivity index is 0. The average molecular weight is 139 g/mol. The summed E-state index contributed by atoms with van der Waals surface area (Å²) in [5, 5.41) is 0. The third-order valence-electron chi connectivity index (χ3n) is 0.600. The van der Waals surface area contributed by atoms with Gasteiger partial charge in [0, 0.05) is 12.4 Å². The lowest BCUT2D eigenvalue weighted by molar-refractivity contribution is 1.50. The highest BCUT2D eigenvalue weighted by atomic mass is 14.6. The summed E-state index contributed by atoms with van der Waals surface area (Å²) in [6.45, 7) is 7.90. The standard InChI is InChI=1S/C7H11N.C2H6/c1-3-5-7-8-6-4-2;1-2/h3-7H,1-2H3;1-2H3/b5-3+,6-4-,8-7+;. The van der Waals surface area contributed by atoms with Crippen LogP contribution in [0.3, 0.4) is 0 Å². The molecular weight excluding hydrogens is 122 g/mol. The molecule has 0 aromatic heterocycles. The first-order valence-electron chi connectivity index (χ1n) is 3.67. The summed E-state index contributed by atoms with van der Waals surface area (Å²) in [6, 6.07) is 0. The molecule has 0 aliphatic carbocycles. The molecule has 0 atom stereocenters. The highest BCUT2D eigenvalue weighted by Crippen LogP contribution is 1.71. The Morgan fingerprint density at radius 3 is 2.00 bits per heavy atom. The summed E-state index contributed by atoms with van der Waals surface area (Å²) in [6.07, 6.45) is 9.22. The molecular formula is C9H17N. The van der Waals surface area contributed by atoms with E-state index < -0.39 is 0 Å². The average Bonchev–Trinajstić information content (AvgIpc) is 2.02. The summed E-state index contributed by atoms with van der Waals surface area (Å²) in [7, 11) is 0. The molecule has 1 nitrogen and oxygen atoms in total. The van der Waals surface area contributed by atoms with Crippen LogP contribution in [0.25, 0.3) is 0 Å². The topological polar surface area (TPSA) is 12.4 Å². The lowest BCUT2D eigenvalue weighted by atomic mass is 10.6. The van der Waals surface area contributed by atoms with E-state index in [1.165, 1.54) is 0 Å². The van der Waals surface area contributed by atoms with Crippen molar-refractivity contribution in [3.63, 3.8) is 0 Å². The Labute approximate surface area is 64.2 Å². The fraction of sp³-hybridized carbons (Fsp3) is 0.444. The second-order valence-corrected chi connectivity index (χ2v) is 1.31. The number of hydrogen-bond acceptors (Lipinski definition) is 1. The van der Waals surface area contributed by atoms with E-state index in [-0.39, 0.29) is 0 Å². The molecule has 0 bridgehead atoms. The van der Waals surface area contributed by atoms with Gasteiger partial charge in [-0.3, -0.25) is 4.99 Å². The van der Waals surface area contributed by atoms with Crippen molar-refractivity contribution >= 4 is 6.21 Å². The Morgan fingerprint density at radius 1 is 1.00 bits per heavy atom. The maximum atomic E-state index is 3.89. The molecule has 0 rings (SSSR count). The Kier molecular flexibility index (Phi) is 18.7. The maximum absolute atomic E-state index is 3.89. The van der Waals surface area contributed by atoms with Crippen molar-refractivity contribution in [1.82, 2.24) is 0 Å². The zero-order valence-electron chi connectivity index (χ0n) is 7.33. The number of allylic oxidation sites excluding steroid dienone is 3. The molecule has 10 heavy (non-hydrogen) atoms. The second kappa shape index (κ2) is 15.7. The summed E-state index contributed by atoms with van der Waals surface area (Å²) in [5.74, 6) is 0. The highest BCUT2D eigenvalue weighted by molar-refractivity contribution is 5.71. The molecule has 0 fully saturated rings. The SMILES string of the molecule is CC.C\C=C/N=C/C=C/C. The number of aliphatic imine (C=N–C) groups is 1. The van der Waals surface area contributed by atoms with Gasteiger partial charge < -0.3 is 0 Å². The minimum atomic E-state index is 1.75. The number of hydrogen-bond donors (Lipinski definition) is 0. The second-order valence-electron chi connectivity index (χ2n) is 1.31. The smallest absolute Gasteiger partial charge is 0.0264 e. The van der Waals surface area contributed by atoms with Crippen molar-refractivity contribution in [2.75, 3.05) is 0 Å². The van der Waals surface area contributed by atoms with Crippen molar-refractivity contribution in [1.29, 1.82) is 0 Å². The van der Waals surface area contributed by atoms with Gasteiger partial charge in [0.1, 0.15) is 0 Å². The Morgan fingerprint density at radius 2 is 1.60 bits per heavy atom. The van der Waals surface area contributed by atoms with E-state index in [2.05, 4.69) is 4.99 Å². The predicted octanol–water partition coefficient (Wildman–Crippen LogP) is 3.19. The van der Waals surface area contributed by atoms with Gasteiger partial charge in [0.25, 0.3) is 0 Å². The van der Waals surface area contributed by atoms with Crippen LogP contribution in [0.5, 0.6) is 0 Å². The molecule has 0 radical (unpaired) electrons. The van der Waals surface area contributed by atoms with E-state index in [0.29, 0.717) is 0 Å². The van der Waals surface area contributed by atoms with E-state index in [1.807, 2.05) is 45.9 Å². The minimum absolute atomic E-state index is 1.75. The molecule has 0 aromatic rings. The molecule has 1 heteroatoms. The monoisotopic (exact) mass is 139 g/mol. The van der Waals surface area contributed by atoms with Crippen molar-refractivity contribution in [3.05, 3.63) is 24.4 Å². The van der Waals surface area contributed by atoms with Crippen LogP contribution in [-0.4, -0.2) is 6.21 Å². The molecule has 0 amide bonds. The fourth-order valence-electron chi connectivity index (χ4n) is 0.272. The first kappa shape index (κ1) is 11.9. The van der Waals surface area contributed by atoms with Gasteiger partial charge in [-0.1, -0.05) is 26.0 Å². The first-order chi connectivity index (χ1) is 4.91. The van der Waals surface area contributed by atoms with Crippen molar-refractivity contribution < 1.29 is 0 Å². The minimum Gasteiger partial charge on any atom is -0.265 e. The summed E-state index contributed by atoms with van der Waals surface area (Å²) in [4.78, 5) is 3.89. The van der Waals surface area contributed by atoms with Gasteiger partial charge in [-0.25, -0.2) is 0 Å². The van der Waals surface area contributed by atoms with Gasteiger partial charge in [0.2, 0.25) is 0 Å². The van der Waals surface area contributed by atoms with E-state index in [1.54, 1.807) is 12.4 Å².